The molecule has 1 saturated heterocycles. The second-order valence-corrected chi connectivity index (χ2v) is 6.52. The van der Waals surface area contributed by atoms with Crippen molar-refractivity contribution in [3.05, 3.63) is 53.4 Å². The molecule has 0 atom stereocenters. The summed E-state index contributed by atoms with van der Waals surface area (Å²) < 4.78 is 18.2. The summed E-state index contributed by atoms with van der Waals surface area (Å²) in [6, 6.07) is 6.39. The first-order chi connectivity index (χ1) is 13.8. The Morgan fingerprint density at radius 1 is 1.24 bits per heavy atom. The third kappa shape index (κ3) is 3.90. The van der Waals surface area contributed by atoms with Gasteiger partial charge in [-0.05, 0) is 59.8 Å². The van der Waals surface area contributed by atoms with Gasteiger partial charge in [-0.2, -0.15) is 5.26 Å². The molecule has 2 aromatic rings. The minimum Gasteiger partial charge on any atom is -0.503 e. The van der Waals surface area contributed by atoms with Crippen LogP contribution in [0.25, 0.3) is 6.08 Å². The van der Waals surface area contributed by atoms with Gasteiger partial charge < -0.3 is 9.84 Å². The quantitative estimate of drug-likeness (QED) is 0.342. The number of carbonyl (C=O) groups is 3. The number of halogens is 1. The van der Waals surface area contributed by atoms with Gasteiger partial charge in [0, 0.05) is 0 Å². The van der Waals surface area contributed by atoms with Gasteiger partial charge in [0.2, 0.25) is 0 Å². The van der Waals surface area contributed by atoms with Crippen molar-refractivity contribution >= 4 is 41.4 Å². The number of nitriles is 1. The highest BCUT2D eigenvalue weighted by molar-refractivity contribution is 8.03. The summed E-state index contributed by atoms with van der Waals surface area (Å²) in [6.07, 6.45) is 1.20. The summed E-state index contributed by atoms with van der Waals surface area (Å²) in [7, 11) is 1.31. The van der Waals surface area contributed by atoms with Gasteiger partial charge in [0.05, 0.1) is 17.7 Å². The molecular formula is C19H12FN3O5S. The van der Waals surface area contributed by atoms with Crippen molar-refractivity contribution in [3.8, 4) is 16.9 Å². The molecule has 29 heavy (non-hydrogen) atoms. The number of urea groups is 1. The molecule has 2 aromatic carbocycles. The third-order valence-corrected chi connectivity index (χ3v) is 4.56. The number of rotatable bonds is 4. The molecule has 0 bridgehead atoms. The number of imide groups is 2. The van der Waals surface area contributed by atoms with E-state index < -0.39 is 23.7 Å². The predicted molar refractivity (Wildman–Crippen MR) is 102 cm³/mol. The fourth-order valence-electron chi connectivity index (χ4n) is 2.62. The van der Waals surface area contributed by atoms with Crippen LogP contribution in [-0.4, -0.2) is 30.1 Å². The van der Waals surface area contributed by atoms with Crippen LogP contribution >= 0.6 is 11.8 Å². The third-order valence-electron chi connectivity index (χ3n) is 3.94. The number of thioether (sulfide) groups is 1. The van der Waals surface area contributed by atoms with Gasteiger partial charge in [0.25, 0.3) is 11.8 Å². The number of thiocyanates is 1. The number of hydrogen-bond acceptors (Lipinski definition) is 7. The minimum absolute atomic E-state index is 0.0345. The number of anilines is 1. The smallest absolute Gasteiger partial charge is 0.335 e. The van der Waals surface area contributed by atoms with Gasteiger partial charge in [0.1, 0.15) is 16.8 Å². The Balaban J connectivity index is 2.06. The molecule has 146 valence electrons. The van der Waals surface area contributed by atoms with Crippen LogP contribution in [0.15, 0.2) is 46.9 Å². The minimum atomic E-state index is -0.965. The molecule has 0 radical (unpaired) electrons. The Morgan fingerprint density at radius 3 is 2.55 bits per heavy atom. The zero-order valence-corrected chi connectivity index (χ0v) is 15.6. The Bertz CT molecular complexity index is 1090. The molecule has 2 N–H and O–H groups in total. The van der Waals surface area contributed by atoms with E-state index in [1.54, 1.807) is 0 Å². The molecule has 10 heteroatoms. The van der Waals surface area contributed by atoms with Crippen LogP contribution in [0, 0.1) is 16.5 Å². The number of phenolic OH excluding ortho intramolecular Hbond substituents is 1. The number of phenols is 1. The maximum atomic E-state index is 13.2. The van der Waals surface area contributed by atoms with E-state index in [0.717, 1.165) is 12.1 Å². The molecule has 0 aromatic heterocycles. The van der Waals surface area contributed by atoms with Crippen LogP contribution in [0.5, 0.6) is 11.5 Å². The van der Waals surface area contributed by atoms with Crippen LogP contribution in [0.4, 0.5) is 14.9 Å². The Kier molecular flexibility index (Phi) is 5.52. The normalized spacial score (nSPS) is 15.3. The molecule has 0 aliphatic carbocycles. The number of nitrogens with zero attached hydrogens (tertiary/aromatic N) is 2. The molecule has 4 amide bonds. The van der Waals surface area contributed by atoms with Crippen molar-refractivity contribution in [3.63, 3.8) is 0 Å². The first kappa shape index (κ1) is 19.9. The summed E-state index contributed by atoms with van der Waals surface area (Å²) in [5.41, 5.74) is -0.00445. The lowest BCUT2D eigenvalue weighted by atomic mass is 10.1. The highest BCUT2D eigenvalue weighted by atomic mass is 32.2. The lowest BCUT2D eigenvalue weighted by Crippen LogP contribution is -2.54. The zero-order chi connectivity index (χ0) is 21.1. The first-order valence-corrected chi connectivity index (χ1v) is 8.81. The van der Waals surface area contributed by atoms with Crippen molar-refractivity contribution < 1.29 is 28.6 Å². The molecule has 0 saturated carbocycles. The summed E-state index contributed by atoms with van der Waals surface area (Å²) in [4.78, 5) is 38.1. The van der Waals surface area contributed by atoms with Gasteiger partial charge in [-0.25, -0.2) is 14.1 Å². The fourth-order valence-corrected chi connectivity index (χ4v) is 3.11. The summed E-state index contributed by atoms with van der Waals surface area (Å²) >= 11 is 0.669. The van der Waals surface area contributed by atoms with E-state index in [-0.39, 0.29) is 33.2 Å². The largest absolute Gasteiger partial charge is 0.503 e. The van der Waals surface area contributed by atoms with Gasteiger partial charge in [-0.15, -0.1) is 0 Å². The Labute approximate surface area is 168 Å². The summed E-state index contributed by atoms with van der Waals surface area (Å²) in [6.45, 7) is 0. The van der Waals surface area contributed by atoms with Crippen LogP contribution in [0.1, 0.15) is 5.56 Å². The maximum absolute atomic E-state index is 13.2. The number of amides is 4. The number of methoxy groups -OCH3 is 1. The maximum Gasteiger partial charge on any atom is 0.335 e. The zero-order valence-electron chi connectivity index (χ0n) is 14.8. The van der Waals surface area contributed by atoms with Crippen LogP contribution in [0.2, 0.25) is 0 Å². The number of aromatic hydroxyl groups is 1. The van der Waals surface area contributed by atoms with Crippen LogP contribution in [0.3, 0.4) is 0 Å². The topological polar surface area (TPSA) is 120 Å². The van der Waals surface area contributed by atoms with Gasteiger partial charge in [-0.3, -0.25) is 14.9 Å². The molecule has 1 heterocycles. The molecule has 1 aliphatic heterocycles. The monoisotopic (exact) mass is 413 g/mol. The van der Waals surface area contributed by atoms with Gasteiger partial charge >= 0.3 is 6.03 Å². The summed E-state index contributed by atoms with van der Waals surface area (Å²) in [5, 5.41) is 22.8. The van der Waals surface area contributed by atoms with E-state index in [9.17, 15) is 23.9 Å². The number of benzene rings is 2. The standard InChI is InChI=1S/C19H12FN3O5S/c1-28-14-7-10(8-15(16(14)24)29-9-21)6-13-17(25)22-19(27)23(18(13)26)12-4-2-11(20)3-5-12/h2-8,24H,1H3,(H,22,25,27)/b13-6-. The average Bonchev–Trinajstić information content (AvgIpc) is 2.68. The van der Waals surface area contributed by atoms with Crippen LogP contribution in [-0.2, 0) is 9.59 Å². The van der Waals surface area contributed by atoms with Crippen molar-refractivity contribution in [1.29, 1.82) is 5.26 Å². The molecule has 1 fully saturated rings. The lowest BCUT2D eigenvalue weighted by molar-refractivity contribution is -0.122. The second-order valence-electron chi connectivity index (χ2n) is 5.70. The van der Waals surface area contributed by atoms with E-state index in [1.807, 2.05) is 10.7 Å². The second kappa shape index (κ2) is 8.04. The highest BCUT2D eigenvalue weighted by Crippen LogP contribution is 2.38. The van der Waals surface area contributed by atoms with E-state index >= 15 is 0 Å². The lowest BCUT2D eigenvalue weighted by Gasteiger charge is -2.26. The molecular weight excluding hydrogens is 401 g/mol. The van der Waals surface area contributed by atoms with E-state index in [0.29, 0.717) is 16.7 Å². The molecule has 1 aliphatic rings. The van der Waals surface area contributed by atoms with Crippen molar-refractivity contribution in [2.75, 3.05) is 12.0 Å². The number of nitrogens with one attached hydrogen (secondary N) is 1. The number of carbonyl (C=O) groups excluding carboxylic acids is 3. The molecule has 8 nitrogen and oxygen atoms in total. The number of ether oxygens (including phenoxy) is 1. The van der Waals surface area contributed by atoms with Crippen molar-refractivity contribution in [2.45, 2.75) is 4.90 Å². The predicted octanol–water partition coefficient (Wildman–Crippen LogP) is 2.78. The van der Waals surface area contributed by atoms with Crippen molar-refractivity contribution in [2.24, 2.45) is 0 Å². The first-order valence-electron chi connectivity index (χ1n) is 7.99. The molecule has 0 spiro atoms. The Morgan fingerprint density at radius 2 is 1.93 bits per heavy atom. The van der Waals surface area contributed by atoms with E-state index in [1.165, 1.54) is 37.5 Å². The number of hydrogen-bond donors (Lipinski definition) is 2. The summed E-state index contributed by atoms with van der Waals surface area (Å²) in [5.74, 6) is -2.60. The molecule has 0 unspecified atom stereocenters. The molecule has 3 rings (SSSR count). The number of barbiturate groups is 1. The average molecular weight is 413 g/mol. The van der Waals surface area contributed by atoms with Gasteiger partial charge in [0.15, 0.2) is 11.5 Å². The van der Waals surface area contributed by atoms with E-state index in [4.69, 9.17) is 10.00 Å². The van der Waals surface area contributed by atoms with Crippen molar-refractivity contribution in [1.82, 2.24) is 5.32 Å². The van der Waals surface area contributed by atoms with Gasteiger partial charge in [-0.1, -0.05) is 0 Å². The fraction of sp³-hybridized carbons (Fsp3) is 0.0526. The highest BCUT2D eigenvalue weighted by Gasteiger charge is 2.36. The van der Waals surface area contributed by atoms with E-state index in [2.05, 4.69) is 0 Å². The Hall–Kier alpha value is -3.84. The van der Waals surface area contributed by atoms with Crippen LogP contribution < -0.4 is 15.0 Å². The SMILES string of the molecule is COc1cc(/C=C2/C(=O)NC(=O)N(c3ccc(F)cc3)C2=O)cc(SC#N)c1O.